The summed E-state index contributed by atoms with van der Waals surface area (Å²) in [4.78, 5) is 26.6. The largest absolute Gasteiger partial charge is 0.334 e. The third-order valence-corrected chi connectivity index (χ3v) is 5.18. The average Bonchev–Trinajstić information content (AvgIpc) is 3.20. The van der Waals surface area contributed by atoms with E-state index < -0.39 is 0 Å². The third kappa shape index (κ3) is 3.94. The highest BCUT2D eigenvalue weighted by Gasteiger charge is 2.21. The van der Waals surface area contributed by atoms with Gasteiger partial charge in [0, 0.05) is 30.1 Å². The number of amides is 3. The Morgan fingerprint density at radius 3 is 2.54 bits per heavy atom. The summed E-state index contributed by atoms with van der Waals surface area (Å²) in [5, 5.41) is 7.74. The van der Waals surface area contributed by atoms with E-state index in [9.17, 15) is 9.59 Å². The van der Waals surface area contributed by atoms with Crippen LogP contribution in [0, 0.1) is 6.92 Å². The van der Waals surface area contributed by atoms with E-state index in [0.29, 0.717) is 19.5 Å². The van der Waals surface area contributed by atoms with Gasteiger partial charge in [0.15, 0.2) is 0 Å². The predicted octanol–water partition coefficient (Wildman–Crippen LogP) is 3.18. The molecular formula is C18H21N3O2S. The van der Waals surface area contributed by atoms with Gasteiger partial charge in [-0.15, -0.1) is 11.3 Å². The number of nitrogens with zero attached hydrogens (tertiary/aromatic N) is 1. The number of rotatable bonds is 5. The van der Waals surface area contributed by atoms with Gasteiger partial charge in [-0.3, -0.25) is 4.79 Å². The first kappa shape index (κ1) is 16.5. The number of benzene rings is 1. The van der Waals surface area contributed by atoms with Crippen LogP contribution in [0.1, 0.15) is 28.8 Å². The van der Waals surface area contributed by atoms with Crippen molar-refractivity contribution in [3.05, 3.63) is 51.7 Å². The fourth-order valence-electron chi connectivity index (χ4n) is 2.71. The summed E-state index contributed by atoms with van der Waals surface area (Å²) in [6, 6.07) is 9.64. The molecule has 24 heavy (non-hydrogen) atoms. The summed E-state index contributed by atoms with van der Waals surface area (Å²) in [6.45, 7) is 3.84. The Morgan fingerprint density at radius 2 is 1.92 bits per heavy atom. The van der Waals surface area contributed by atoms with Crippen LogP contribution in [0.5, 0.6) is 0 Å². The molecule has 0 aliphatic carbocycles. The lowest BCUT2D eigenvalue weighted by atomic mass is 10.2. The van der Waals surface area contributed by atoms with Crippen molar-refractivity contribution < 1.29 is 9.59 Å². The Hall–Kier alpha value is -2.34. The first-order valence-corrected chi connectivity index (χ1v) is 8.95. The molecule has 0 atom stereocenters. The number of aryl methyl sites for hydroxylation is 1. The van der Waals surface area contributed by atoms with Crippen LogP contribution in [0.3, 0.4) is 0 Å². The maximum atomic E-state index is 11.9. The van der Waals surface area contributed by atoms with Crippen LogP contribution < -0.4 is 15.5 Å². The number of hydrogen-bond donors (Lipinski definition) is 2. The number of anilines is 1. The molecule has 0 bridgehead atoms. The Balaban J connectivity index is 1.47. The molecule has 6 heteroatoms. The molecular weight excluding hydrogens is 322 g/mol. The van der Waals surface area contributed by atoms with Gasteiger partial charge in [-0.05, 0) is 48.1 Å². The molecule has 0 unspecified atom stereocenters. The summed E-state index contributed by atoms with van der Waals surface area (Å²) in [5.74, 6) is 0.184. The molecule has 1 aliphatic rings. The lowest BCUT2D eigenvalue weighted by molar-refractivity contribution is -0.117. The van der Waals surface area contributed by atoms with Crippen LogP contribution in [0.15, 0.2) is 35.7 Å². The van der Waals surface area contributed by atoms with Gasteiger partial charge in [-0.2, -0.15) is 0 Å². The minimum atomic E-state index is -0.179. The van der Waals surface area contributed by atoms with Gasteiger partial charge in [0.1, 0.15) is 0 Å². The lowest BCUT2D eigenvalue weighted by Crippen LogP contribution is -2.34. The van der Waals surface area contributed by atoms with Crippen molar-refractivity contribution in [2.75, 3.05) is 11.4 Å². The number of carbonyl (C=O) groups is 2. The maximum absolute atomic E-state index is 11.9. The SMILES string of the molecule is Cc1ccsc1CNC(=O)NCc1ccc(N2CCCC2=O)cc1. The van der Waals surface area contributed by atoms with Gasteiger partial charge in [0.2, 0.25) is 5.91 Å². The van der Waals surface area contributed by atoms with Gasteiger partial charge in [0.05, 0.1) is 6.54 Å². The van der Waals surface area contributed by atoms with E-state index in [0.717, 1.165) is 24.2 Å². The van der Waals surface area contributed by atoms with Crippen molar-refractivity contribution in [3.8, 4) is 0 Å². The van der Waals surface area contributed by atoms with E-state index in [2.05, 4.69) is 10.6 Å². The summed E-state index contributed by atoms with van der Waals surface area (Å²) < 4.78 is 0. The number of thiophene rings is 1. The fourth-order valence-corrected chi connectivity index (χ4v) is 3.55. The highest BCUT2D eigenvalue weighted by molar-refractivity contribution is 7.10. The van der Waals surface area contributed by atoms with Crippen LogP contribution in [-0.2, 0) is 17.9 Å². The van der Waals surface area contributed by atoms with Crippen molar-refractivity contribution in [2.24, 2.45) is 0 Å². The summed E-state index contributed by atoms with van der Waals surface area (Å²) in [6.07, 6.45) is 1.55. The van der Waals surface area contributed by atoms with Crippen LogP contribution in [0.25, 0.3) is 0 Å². The standard InChI is InChI=1S/C18H21N3O2S/c1-13-8-10-24-16(13)12-20-18(23)19-11-14-4-6-15(7-5-14)21-9-2-3-17(21)22/h4-8,10H,2-3,9,11-12H2,1H3,(H2,19,20,23). The van der Waals surface area contributed by atoms with Gasteiger partial charge in [0.25, 0.3) is 0 Å². The quantitative estimate of drug-likeness (QED) is 0.876. The normalized spacial score (nSPS) is 14.0. The molecule has 1 aliphatic heterocycles. The van der Waals surface area contributed by atoms with Crippen molar-refractivity contribution in [1.82, 2.24) is 10.6 Å². The van der Waals surface area contributed by atoms with E-state index >= 15 is 0 Å². The molecule has 2 N–H and O–H groups in total. The van der Waals surface area contributed by atoms with Crippen molar-refractivity contribution in [3.63, 3.8) is 0 Å². The number of carbonyl (C=O) groups excluding carboxylic acids is 2. The predicted molar refractivity (Wildman–Crippen MR) is 96.2 cm³/mol. The van der Waals surface area contributed by atoms with Gasteiger partial charge in [-0.1, -0.05) is 12.1 Å². The van der Waals surface area contributed by atoms with Gasteiger partial charge in [-0.25, -0.2) is 4.79 Å². The van der Waals surface area contributed by atoms with Crippen molar-refractivity contribution >= 4 is 29.0 Å². The second kappa shape index (κ2) is 7.49. The zero-order chi connectivity index (χ0) is 16.9. The van der Waals surface area contributed by atoms with Gasteiger partial charge < -0.3 is 15.5 Å². The summed E-state index contributed by atoms with van der Waals surface area (Å²) >= 11 is 1.65. The molecule has 2 heterocycles. The smallest absolute Gasteiger partial charge is 0.315 e. The van der Waals surface area contributed by atoms with E-state index in [1.807, 2.05) is 47.5 Å². The van der Waals surface area contributed by atoms with E-state index in [1.54, 1.807) is 11.3 Å². The monoisotopic (exact) mass is 343 g/mol. The topological polar surface area (TPSA) is 61.4 Å². The summed E-state index contributed by atoms with van der Waals surface area (Å²) in [7, 11) is 0. The molecule has 1 fully saturated rings. The molecule has 1 saturated heterocycles. The second-order valence-corrected chi connectivity index (χ2v) is 6.88. The van der Waals surface area contributed by atoms with Crippen molar-refractivity contribution in [2.45, 2.75) is 32.9 Å². The molecule has 3 rings (SSSR count). The van der Waals surface area contributed by atoms with Gasteiger partial charge >= 0.3 is 6.03 Å². The molecule has 0 saturated carbocycles. The highest BCUT2D eigenvalue weighted by atomic mass is 32.1. The van der Waals surface area contributed by atoms with E-state index in [1.165, 1.54) is 10.4 Å². The van der Waals surface area contributed by atoms with Crippen LogP contribution in [0.2, 0.25) is 0 Å². The van der Waals surface area contributed by atoms with E-state index in [-0.39, 0.29) is 11.9 Å². The Bertz CT molecular complexity index is 724. The molecule has 0 spiro atoms. The van der Waals surface area contributed by atoms with Crippen LogP contribution in [-0.4, -0.2) is 18.5 Å². The third-order valence-electron chi connectivity index (χ3n) is 4.15. The molecule has 2 aromatic rings. The maximum Gasteiger partial charge on any atom is 0.315 e. The minimum Gasteiger partial charge on any atom is -0.334 e. The minimum absolute atomic E-state index is 0.179. The number of urea groups is 1. The first-order valence-electron chi connectivity index (χ1n) is 8.07. The Morgan fingerprint density at radius 1 is 1.17 bits per heavy atom. The molecule has 1 aromatic carbocycles. The van der Waals surface area contributed by atoms with Crippen LogP contribution in [0.4, 0.5) is 10.5 Å². The van der Waals surface area contributed by atoms with Crippen LogP contribution >= 0.6 is 11.3 Å². The number of nitrogens with one attached hydrogen (secondary N) is 2. The molecule has 3 amide bonds. The fraction of sp³-hybridized carbons (Fsp3) is 0.333. The Kier molecular flexibility index (Phi) is 5.15. The molecule has 126 valence electrons. The first-order chi connectivity index (χ1) is 11.6. The highest BCUT2D eigenvalue weighted by Crippen LogP contribution is 2.21. The summed E-state index contributed by atoms with van der Waals surface area (Å²) in [5.41, 5.74) is 3.14. The zero-order valence-corrected chi connectivity index (χ0v) is 14.5. The van der Waals surface area contributed by atoms with E-state index in [4.69, 9.17) is 0 Å². The molecule has 0 radical (unpaired) electrons. The zero-order valence-electron chi connectivity index (χ0n) is 13.7. The van der Waals surface area contributed by atoms with Crippen molar-refractivity contribution in [1.29, 1.82) is 0 Å². The second-order valence-electron chi connectivity index (χ2n) is 5.88. The molecule has 5 nitrogen and oxygen atoms in total. The Labute approximate surface area is 145 Å². The average molecular weight is 343 g/mol. The number of hydrogen-bond acceptors (Lipinski definition) is 3. The molecule has 1 aromatic heterocycles. The lowest BCUT2D eigenvalue weighted by Gasteiger charge is -2.16.